The van der Waals surface area contributed by atoms with Gasteiger partial charge in [-0.15, -0.1) is 11.3 Å². The smallest absolute Gasteiger partial charge is 0.262 e. The fourth-order valence-electron chi connectivity index (χ4n) is 4.14. The third kappa shape index (κ3) is 4.67. The summed E-state index contributed by atoms with van der Waals surface area (Å²) in [5.74, 6) is -0.0845. The molecule has 176 valence electrons. The van der Waals surface area contributed by atoms with Crippen LogP contribution < -0.4 is 10.5 Å². The van der Waals surface area contributed by atoms with E-state index in [4.69, 9.17) is 26.8 Å². The lowest BCUT2D eigenvalue weighted by Crippen LogP contribution is -2.35. The Hall–Kier alpha value is -2.91. The first kappa shape index (κ1) is 22.9. The van der Waals surface area contributed by atoms with Gasteiger partial charge in [0, 0.05) is 42.5 Å². The number of carbonyl (C=O) groups is 1. The average Bonchev–Trinajstić information content (AvgIpc) is 3.44. The third-order valence-electron chi connectivity index (χ3n) is 5.90. The summed E-state index contributed by atoms with van der Waals surface area (Å²) in [5, 5.41) is 0.612. The van der Waals surface area contributed by atoms with Gasteiger partial charge < -0.3 is 15.2 Å². The molecule has 0 radical (unpaired) electrons. The molecule has 4 aromatic rings. The Morgan fingerprint density at radius 3 is 2.82 bits per heavy atom. The maximum absolute atomic E-state index is 12.2. The number of thiophene rings is 1. The minimum atomic E-state index is -0.528. The first-order valence-electron chi connectivity index (χ1n) is 11.1. The molecule has 1 fully saturated rings. The van der Waals surface area contributed by atoms with Crippen molar-refractivity contribution < 1.29 is 14.3 Å². The molecule has 0 spiro atoms. The molecule has 1 aromatic carbocycles. The topological polar surface area (TPSA) is 82.1 Å². The molecule has 2 N–H and O–H groups in total. The number of hydrogen-bond acceptors (Lipinski definition) is 6. The Morgan fingerprint density at radius 2 is 2.06 bits per heavy atom. The first-order chi connectivity index (χ1) is 16.5. The van der Waals surface area contributed by atoms with Crippen LogP contribution in [0.5, 0.6) is 5.75 Å². The Morgan fingerprint density at radius 1 is 1.26 bits per heavy atom. The Labute approximate surface area is 206 Å². The Bertz CT molecular complexity index is 1330. The van der Waals surface area contributed by atoms with Crippen molar-refractivity contribution in [2.24, 2.45) is 5.73 Å². The van der Waals surface area contributed by atoms with E-state index in [1.165, 1.54) is 16.9 Å². The normalized spacial score (nSPS) is 15.5. The fraction of sp³-hybridized carbons (Fsp3) is 0.280. The predicted molar refractivity (Wildman–Crippen MR) is 134 cm³/mol. The fourth-order valence-corrected chi connectivity index (χ4v) is 5.38. The number of fused-ring (bicyclic) bond motifs is 1. The number of nitrogens with two attached hydrogens (primary N) is 1. The maximum Gasteiger partial charge on any atom is 0.262 e. The number of rotatable bonds is 7. The summed E-state index contributed by atoms with van der Waals surface area (Å²) in [6.07, 6.45) is 3.56. The van der Waals surface area contributed by atoms with E-state index in [1.807, 2.05) is 53.9 Å². The van der Waals surface area contributed by atoms with Crippen LogP contribution in [0.2, 0.25) is 5.02 Å². The van der Waals surface area contributed by atoms with Crippen LogP contribution in [0.3, 0.4) is 0 Å². The lowest BCUT2D eigenvalue weighted by molar-refractivity contribution is 0.0341. The number of primary amides is 1. The van der Waals surface area contributed by atoms with E-state index in [-0.39, 0.29) is 6.10 Å². The minimum absolute atomic E-state index is 0.350. The highest BCUT2D eigenvalue weighted by Gasteiger charge is 2.21. The zero-order valence-corrected chi connectivity index (χ0v) is 20.3. The number of hydrogen-bond donors (Lipinski definition) is 1. The molecule has 7 nitrogen and oxygen atoms in total. The van der Waals surface area contributed by atoms with Crippen molar-refractivity contribution in [3.05, 3.63) is 75.9 Å². The van der Waals surface area contributed by atoms with Crippen LogP contribution in [-0.2, 0) is 11.3 Å². The van der Waals surface area contributed by atoms with Crippen LogP contribution in [0.4, 0.5) is 0 Å². The van der Waals surface area contributed by atoms with Gasteiger partial charge in [0.25, 0.3) is 5.91 Å². The number of pyridine rings is 1. The van der Waals surface area contributed by atoms with Crippen LogP contribution >= 0.6 is 22.9 Å². The first-order valence-corrected chi connectivity index (χ1v) is 12.3. The van der Waals surface area contributed by atoms with Crippen molar-refractivity contribution in [2.75, 3.05) is 26.3 Å². The van der Waals surface area contributed by atoms with Crippen LogP contribution in [0.1, 0.15) is 33.8 Å². The number of carbonyl (C=O) groups excluding carboxylic acids is 1. The summed E-state index contributed by atoms with van der Waals surface area (Å²) >= 11 is 7.64. The van der Waals surface area contributed by atoms with Gasteiger partial charge in [-0.05, 0) is 24.6 Å². The largest absolute Gasteiger partial charge is 0.484 e. The zero-order valence-electron chi connectivity index (χ0n) is 18.7. The molecule has 1 unspecified atom stereocenters. The number of amides is 1. The molecule has 1 saturated heterocycles. The monoisotopic (exact) mass is 496 g/mol. The van der Waals surface area contributed by atoms with Gasteiger partial charge in [0.05, 0.1) is 30.0 Å². The second kappa shape index (κ2) is 9.76. The highest BCUT2D eigenvalue weighted by atomic mass is 35.5. The molecule has 1 atom stereocenters. The summed E-state index contributed by atoms with van der Waals surface area (Å²) in [7, 11) is 0. The van der Waals surface area contributed by atoms with E-state index in [9.17, 15) is 4.79 Å². The van der Waals surface area contributed by atoms with Gasteiger partial charge in [-0.3, -0.25) is 14.1 Å². The minimum Gasteiger partial charge on any atom is -0.484 e. The molecule has 9 heteroatoms. The molecule has 1 aliphatic rings. The van der Waals surface area contributed by atoms with Crippen molar-refractivity contribution in [1.82, 2.24) is 14.3 Å². The van der Waals surface area contributed by atoms with Crippen molar-refractivity contribution in [3.63, 3.8) is 0 Å². The molecule has 1 aliphatic heterocycles. The molecular weight excluding hydrogens is 472 g/mol. The van der Waals surface area contributed by atoms with Crippen LogP contribution in [-0.4, -0.2) is 46.5 Å². The number of benzene rings is 1. The summed E-state index contributed by atoms with van der Waals surface area (Å²) in [6, 6.07) is 13.5. The Kier molecular flexibility index (Phi) is 6.56. The van der Waals surface area contributed by atoms with E-state index in [0.29, 0.717) is 15.6 Å². The molecule has 0 aliphatic carbocycles. The van der Waals surface area contributed by atoms with Crippen molar-refractivity contribution in [1.29, 1.82) is 0 Å². The number of halogens is 1. The molecule has 5 rings (SSSR count). The van der Waals surface area contributed by atoms with E-state index in [1.54, 1.807) is 0 Å². The number of aromatic nitrogens is 2. The van der Waals surface area contributed by atoms with Gasteiger partial charge in [-0.25, -0.2) is 4.98 Å². The Balaban J connectivity index is 1.46. The molecule has 0 saturated carbocycles. The SMILES string of the molecule is CC(Oc1cc(-c2cnc3ccc(CN4CCOCC4)cn23)sc1C(N)=O)c1ccccc1Cl. The van der Waals surface area contributed by atoms with Gasteiger partial charge >= 0.3 is 0 Å². The summed E-state index contributed by atoms with van der Waals surface area (Å²) < 4.78 is 13.7. The standard InChI is InChI=1S/C25H25ClN4O3S/c1-16(18-4-2-3-5-19(18)26)33-21-12-22(34-24(21)25(27)31)20-13-28-23-7-6-17(15-30(20)23)14-29-8-10-32-11-9-29/h2-7,12-13,15-16H,8-11,14H2,1H3,(H2,27,31). The van der Waals surface area contributed by atoms with Crippen molar-refractivity contribution >= 4 is 34.5 Å². The summed E-state index contributed by atoms with van der Waals surface area (Å²) in [6.45, 7) is 6.11. The molecule has 34 heavy (non-hydrogen) atoms. The van der Waals surface area contributed by atoms with Gasteiger partial charge in [-0.1, -0.05) is 35.9 Å². The highest BCUT2D eigenvalue weighted by Crippen LogP contribution is 2.39. The van der Waals surface area contributed by atoms with E-state index in [0.717, 1.165) is 54.6 Å². The number of morpholine rings is 1. The zero-order chi connectivity index (χ0) is 23.7. The molecule has 0 bridgehead atoms. The predicted octanol–water partition coefficient (Wildman–Crippen LogP) is 4.79. The van der Waals surface area contributed by atoms with Crippen LogP contribution in [0, 0.1) is 0 Å². The maximum atomic E-state index is 12.2. The van der Waals surface area contributed by atoms with Gasteiger partial charge in [0.2, 0.25) is 0 Å². The average molecular weight is 497 g/mol. The lowest BCUT2D eigenvalue weighted by Gasteiger charge is -2.26. The van der Waals surface area contributed by atoms with E-state index in [2.05, 4.69) is 22.1 Å². The lowest BCUT2D eigenvalue weighted by atomic mass is 10.1. The van der Waals surface area contributed by atoms with E-state index >= 15 is 0 Å². The number of ether oxygens (including phenoxy) is 2. The van der Waals surface area contributed by atoms with Gasteiger partial charge in [0.1, 0.15) is 22.4 Å². The van der Waals surface area contributed by atoms with E-state index < -0.39 is 5.91 Å². The second-order valence-corrected chi connectivity index (χ2v) is 9.71. The number of nitrogens with zero attached hydrogens (tertiary/aromatic N) is 3. The van der Waals surface area contributed by atoms with Crippen LogP contribution in [0.15, 0.2) is 54.9 Å². The summed E-state index contributed by atoms with van der Waals surface area (Å²) in [4.78, 5) is 20.4. The molecule has 3 aromatic heterocycles. The quantitative estimate of drug-likeness (QED) is 0.398. The van der Waals surface area contributed by atoms with Crippen LogP contribution in [0.25, 0.3) is 16.2 Å². The highest BCUT2D eigenvalue weighted by molar-refractivity contribution is 7.17. The second-order valence-electron chi connectivity index (χ2n) is 8.25. The van der Waals surface area contributed by atoms with Gasteiger partial charge in [-0.2, -0.15) is 0 Å². The molecule has 4 heterocycles. The molecular formula is C25H25ClN4O3S. The number of imidazole rings is 1. The third-order valence-corrected chi connectivity index (χ3v) is 7.40. The summed E-state index contributed by atoms with van der Waals surface area (Å²) in [5.41, 5.74) is 9.44. The molecule has 1 amide bonds. The van der Waals surface area contributed by atoms with Gasteiger partial charge in [0.15, 0.2) is 0 Å². The van der Waals surface area contributed by atoms with Crippen molar-refractivity contribution in [3.8, 4) is 16.3 Å². The van der Waals surface area contributed by atoms with Crippen molar-refractivity contribution in [2.45, 2.75) is 19.6 Å².